The molecule has 0 aliphatic heterocycles. The molecule has 1 aromatic heterocycles. The summed E-state index contributed by atoms with van der Waals surface area (Å²) in [5.74, 6) is -1.11. The smallest absolute Gasteiger partial charge is 0.306 e. The molecular formula is C11H16N2O2. The van der Waals surface area contributed by atoms with Crippen molar-refractivity contribution in [3.8, 4) is 0 Å². The standard InChI is InChI=1S/C11H16N2O2/c1-8(11(14)15)5-9-6-13(7-12-9)10-3-2-4-10/h6-8,10H,2-5H2,1H3,(H,14,15). The average molecular weight is 208 g/mol. The van der Waals surface area contributed by atoms with E-state index < -0.39 is 5.97 Å². The molecule has 0 bridgehead atoms. The maximum absolute atomic E-state index is 10.7. The minimum Gasteiger partial charge on any atom is -0.481 e. The van der Waals surface area contributed by atoms with Crippen molar-refractivity contribution in [1.82, 2.24) is 9.55 Å². The molecule has 1 atom stereocenters. The zero-order valence-electron chi connectivity index (χ0n) is 8.89. The van der Waals surface area contributed by atoms with Crippen LogP contribution >= 0.6 is 0 Å². The van der Waals surface area contributed by atoms with Gasteiger partial charge in [0.2, 0.25) is 0 Å². The molecule has 0 aromatic carbocycles. The summed E-state index contributed by atoms with van der Waals surface area (Å²) in [5.41, 5.74) is 0.886. The van der Waals surface area contributed by atoms with Crippen LogP contribution in [0.2, 0.25) is 0 Å². The van der Waals surface area contributed by atoms with Crippen LogP contribution in [0.5, 0.6) is 0 Å². The van der Waals surface area contributed by atoms with Crippen LogP contribution < -0.4 is 0 Å². The summed E-state index contributed by atoms with van der Waals surface area (Å²) in [4.78, 5) is 14.9. The molecule has 1 aromatic rings. The molecule has 1 saturated carbocycles. The third-order valence-electron chi connectivity index (χ3n) is 3.09. The van der Waals surface area contributed by atoms with E-state index in [0.29, 0.717) is 12.5 Å². The number of imidazole rings is 1. The SMILES string of the molecule is CC(Cc1cn(C2CCC2)cn1)C(=O)O. The number of hydrogen-bond donors (Lipinski definition) is 1. The molecule has 1 aliphatic carbocycles. The van der Waals surface area contributed by atoms with Gasteiger partial charge in [0, 0.05) is 18.7 Å². The fourth-order valence-electron chi connectivity index (χ4n) is 1.77. The monoisotopic (exact) mass is 208 g/mol. The van der Waals surface area contributed by atoms with E-state index >= 15 is 0 Å². The van der Waals surface area contributed by atoms with Crippen molar-refractivity contribution in [2.45, 2.75) is 38.6 Å². The van der Waals surface area contributed by atoms with Gasteiger partial charge in [0.15, 0.2) is 0 Å². The van der Waals surface area contributed by atoms with Crippen molar-refractivity contribution in [2.24, 2.45) is 5.92 Å². The summed E-state index contributed by atoms with van der Waals surface area (Å²) in [6, 6.07) is 0.603. The number of carboxylic acids is 1. The highest BCUT2D eigenvalue weighted by atomic mass is 16.4. The molecule has 0 spiro atoms. The summed E-state index contributed by atoms with van der Waals surface area (Å²) in [6.45, 7) is 1.71. The van der Waals surface area contributed by atoms with Crippen LogP contribution in [0.25, 0.3) is 0 Å². The van der Waals surface area contributed by atoms with Gasteiger partial charge in [0.05, 0.1) is 17.9 Å². The number of carboxylic acid groups (broad SMARTS) is 1. The molecular weight excluding hydrogens is 192 g/mol. The molecule has 1 aliphatic rings. The van der Waals surface area contributed by atoms with Crippen molar-refractivity contribution in [3.63, 3.8) is 0 Å². The van der Waals surface area contributed by atoms with Crippen LogP contribution in [-0.4, -0.2) is 20.6 Å². The molecule has 15 heavy (non-hydrogen) atoms. The first-order valence-corrected chi connectivity index (χ1v) is 5.42. The van der Waals surface area contributed by atoms with E-state index in [9.17, 15) is 4.79 Å². The van der Waals surface area contributed by atoms with Crippen molar-refractivity contribution in [3.05, 3.63) is 18.2 Å². The molecule has 0 saturated heterocycles. The molecule has 1 fully saturated rings. The maximum atomic E-state index is 10.7. The lowest BCUT2D eigenvalue weighted by atomic mass is 9.93. The Hall–Kier alpha value is -1.32. The quantitative estimate of drug-likeness (QED) is 0.821. The van der Waals surface area contributed by atoms with E-state index in [1.165, 1.54) is 19.3 Å². The molecule has 1 heterocycles. The Morgan fingerprint density at radius 2 is 2.47 bits per heavy atom. The predicted octanol–water partition coefficient (Wildman–Crippen LogP) is 1.87. The Balaban J connectivity index is 1.97. The second kappa shape index (κ2) is 4.04. The van der Waals surface area contributed by atoms with Crippen molar-refractivity contribution < 1.29 is 9.90 Å². The van der Waals surface area contributed by atoms with Gasteiger partial charge in [-0.15, -0.1) is 0 Å². The van der Waals surface area contributed by atoms with Gasteiger partial charge in [-0.05, 0) is 19.3 Å². The van der Waals surface area contributed by atoms with Crippen LogP contribution in [-0.2, 0) is 11.2 Å². The Bertz CT molecular complexity index is 355. The van der Waals surface area contributed by atoms with Gasteiger partial charge in [0.25, 0.3) is 0 Å². The van der Waals surface area contributed by atoms with Gasteiger partial charge in [0.1, 0.15) is 0 Å². The number of rotatable bonds is 4. The highest BCUT2D eigenvalue weighted by molar-refractivity contribution is 5.69. The van der Waals surface area contributed by atoms with Gasteiger partial charge in [-0.1, -0.05) is 6.92 Å². The molecule has 0 radical (unpaired) electrons. The average Bonchev–Trinajstić information content (AvgIpc) is 2.49. The van der Waals surface area contributed by atoms with E-state index in [1.54, 1.807) is 6.92 Å². The Morgan fingerprint density at radius 1 is 1.73 bits per heavy atom. The maximum Gasteiger partial charge on any atom is 0.306 e. The number of nitrogens with zero attached hydrogens (tertiary/aromatic N) is 2. The highest BCUT2D eigenvalue weighted by Gasteiger charge is 2.20. The van der Waals surface area contributed by atoms with Gasteiger partial charge in [-0.3, -0.25) is 4.79 Å². The number of aliphatic carboxylic acids is 1. The van der Waals surface area contributed by atoms with Crippen LogP contribution in [0, 0.1) is 5.92 Å². The predicted molar refractivity (Wildman–Crippen MR) is 55.6 cm³/mol. The van der Waals surface area contributed by atoms with Crippen molar-refractivity contribution in [2.75, 3.05) is 0 Å². The normalized spacial score (nSPS) is 18.5. The van der Waals surface area contributed by atoms with Crippen molar-refractivity contribution in [1.29, 1.82) is 0 Å². The molecule has 1 N–H and O–H groups in total. The third-order valence-corrected chi connectivity index (χ3v) is 3.09. The lowest BCUT2D eigenvalue weighted by Gasteiger charge is -2.26. The van der Waals surface area contributed by atoms with E-state index in [-0.39, 0.29) is 5.92 Å². The molecule has 0 amide bonds. The largest absolute Gasteiger partial charge is 0.481 e. The topological polar surface area (TPSA) is 55.1 Å². The Kier molecular flexibility index (Phi) is 2.75. The molecule has 4 nitrogen and oxygen atoms in total. The fourth-order valence-corrected chi connectivity index (χ4v) is 1.77. The van der Waals surface area contributed by atoms with Gasteiger partial charge in [-0.25, -0.2) is 4.98 Å². The van der Waals surface area contributed by atoms with Gasteiger partial charge in [-0.2, -0.15) is 0 Å². The van der Waals surface area contributed by atoms with Crippen LogP contribution in [0.3, 0.4) is 0 Å². The number of carbonyl (C=O) groups is 1. The van der Waals surface area contributed by atoms with E-state index in [1.807, 2.05) is 12.5 Å². The van der Waals surface area contributed by atoms with Crippen molar-refractivity contribution >= 4 is 5.97 Å². The highest BCUT2D eigenvalue weighted by Crippen LogP contribution is 2.31. The summed E-state index contributed by atoms with van der Waals surface area (Å²) in [5, 5.41) is 8.78. The van der Waals surface area contributed by atoms with E-state index in [0.717, 1.165) is 5.69 Å². The second-order valence-corrected chi connectivity index (χ2v) is 4.34. The molecule has 2 rings (SSSR count). The number of hydrogen-bond acceptors (Lipinski definition) is 2. The first kappa shape index (κ1) is 10.2. The Labute approximate surface area is 88.9 Å². The first-order valence-electron chi connectivity index (χ1n) is 5.42. The fraction of sp³-hybridized carbons (Fsp3) is 0.636. The zero-order valence-corrected chi connectivity index (χ0v) is 8.89. The van der Waals surface area contributed by atoms with Gasteiger partial charge < -0.3 is 9.67 Å². The molecule has 4 heteroatoms. The summed E-state index contributed by atoms with van der Waals surface area (Å²) >= 11 is 0. The van der Waals surface area contributed by atoms with Crippen LogP contribution in [0.4, 0.5) is 0 Å². The summed E-state index contributed by atoms with van der Waals surface area (Å²) < 4.78 is 2.12. The first-order chi connectivity index (χ1) is 7.16. The summed E-state index contributed by atoms with van der Waals surface area (Å²) in [7, 11) is 0. The minimum atomic E-state index is -0.756. The minimum absolute atomic E-state index is 0.352. The van der Waals surface area contributed by atoms with Crippen LogP contribution in [0.1, 0.15) is 37.9 Å². The summed E-state index contributed by atoms with van der Waals surface area (Å²) in [6.07, 6.45) is 8.09. The lowest BCUT2D eigenvalue weighted by Crippen LogP contribution is -2.15. The lowest BCUT2D eigenvalue weighted by molar-refractivity contribution is -0.141. The molecule has 1 unspecified atom stereocenters. The van der Waals surface area contributed by atoms with Gasteiger partial charge >= 0.3 is 5.97 Å². The van der Waals surface area contributed by atoms with Crippen LogP contribution in [0.15, 0.2) is 12.5 Å². The number of aromatic nitrogens is 2. The third kappa shape index (κ3) is 2.19. The van der Waals surface area contributed by atoms with E-state index in [2.05, 4.69) is 9.55 Å². The van der Waals surface area contributed by atoms with E-state index in [4.69, 9.17) is 5.11 Å². The molecule has 82 valence electrons. The Morgan fingerprint density at radius 3 is 3.00 bits per heavy atom. The zero-order chi connectivity index (χ0) is 10.8. The second-order valence-electron chi connectivity index (χ2n) is 4.34.